The summed E-state index contributed by atoms with van der Waals surface area (Å²) in [6.45, 7) is 3.73. The molecule has 0 unspecified atom stereocenters. The van der Waals surface area contributed by atoms with Crippen LogP contribution in [0, 0.1) is 0 Å². The molecule has 0 saturated carbocycles. The SMILES string of the molecule is NC(CCCCN1CCC(OCCO)CC1)=NO. The summed E-state index contributed by atoms with van der Waals surface area (Å²) in [7, 11) is 0. The lowest BCUT2D eigenvalue weighted by molar-refractivity contribution is -0.00784. The number of unbranched alkanes of at least 4 members (excludes halogenated alkanes) is 1. The molecular weight excluding hydrogens is 234 g/mol. The molecule has 0 bridgehead atoms. The minimum atomic E-state index is 0.105. The number of nitrogens with two attached hydrogens (primary N) is 1. The molecule has 0 spiro atoms. The largest absolute Gasteiger partial charge is 0.409 e. The van der Waals surface area contributed by atoms with E-state index in [2.05, 4.69) is 10.1 Å². The molecule has 6 nitrogen and oxygen atoms in total. The topological polar surface area (TPSA) is 91.3 Å². The minimum absolute atomic E-state index is 0.105. The number of likely N-dealkylation sites (tertiary alicyclic amines) is 1. The van der Waals surface area contributed by atoms with E-state index in [0.717, 1.165) is 45.3 Å². The standard InChI is InChI=1S/C12H25N3O3/c13-12(14-17)3-1-2-6-15-7-4-11(5-8-15)18-10-9-16/h11,16-17H,1-10H2,(H2,13,14). The van der Waals surface area contributed by atoms with E-state index in [4.69, 9.17) is 20.8 Å². The molecule has 1 heterocycles. The van der Waals surface area contributed by atoms with Crippen LogP contribution < -0.4 is 5.73 Å². The number of ether oxygens (including phenoxy) is 1. The molecule has 1 rings (SSSR count). The second-order valence-electron chi connectivity index (χ2n) is 4.68. The lowest BCUT2D eigenvalue weighted by Crippen LogP contribution is -2.37. The maximum absolute atomic E-state index is 8.68. The Labute approximate surface area is 108 Å². The van der Waals surface area contributed by atoms with Crippen molar-refractivity contribution in [2.45, 2.75) is 38.2 Å². The fourth-order valence-electron chi connectivity index (χ4n) is 2.21. The van der Waals surface area contributed by atoms with E-state index < -0.39 is 0 Å². The van der Waals surface area contributed by atoms with Gasteiger partial charge in [0.1, 0.15) is 5.84 Å². The molecule has 6 heteroatoms. The van der Waals surface area contributed by atoms with Crippen LogP contribution in [0.4, 0.5) is 0 Å². The van der Waals surface area contributed by atoms with Crippen LogP contribution in [-0.4, -0.2) is 60.0 Å². The number of amidine groups is 1. The maximum Gasteiger partial charge on any atom is 0.139 e. The third-order valence-corrected chi connectivity index (χ3v) is 3.27. The van der Waals surface area contributed by atoms with Gasteiger partial charge in [0.2, 0.25) is 0 Å². The molecule has 0 radical (unpaired) electrons. The smallest absolute Gasteiger partial charge is 0.139 e. The monoisotopic (exact) mass is 259 g/mol. The van der Waals surface area contributed by atoms with Crippen LogP contribution in [0.2, 0.25) is 0 Å². The van der Waals surface area contributed by atoms with Gasteiger partial charge in [0.15, 0.2) is 0 Å². The van der Waals surface area contributed by atoms with Crippen LogP contribution in [0.3, 0.4) is 0 Å². The molecule has 0 aliphatic carbocycles. The van der Waals surface area contributed by atoms with Crippen molar-refractivity contribution >= 4 is 5.84 Å². The van der Waals surface area contributed by atoms with Crippen molar-refractivity contribution in [2.75, 3.05) is 32.8 Å². The van der Waals surface area contributed by atoms with Gasteiger partial charge in [-0.15, -0.1) is 0 Å². The molecule has 18 heavy (non-hydrogen) atoms. The van der Waals surface area contributed by atoms with Gasteiger partial charge < -0.3 is 25.7 Å². The average Bonchev–Trinajstić information content (AvgIpc) is 2.42. The van der Waals surface area contributed by atoms with Crippen LogP contribution in [0.5, 0.6) is 0 Å². The molecule has 1 fully saturated rings. The maximum atomic E-state index is 8.68. The lowest BCUT2D eigenvalue weighted by atomic mass is 10.1. The third kappa shape index (κ3) is 6.18. The molecular formula is C12H25N3O3. The van der Waals surface area contributed by atoms with Crippen molar-refractivity contribution in [3.8, 4) is 0 Å². The summed E-state index contributed by atoms with van der Waals surface area (Å²) in [5.74, 6) is 0.311. The van der Waals surface area contributed by atoms with E-state index in [9.17, 15) is 0 Å². The zero-order valence-corrected chi connectivity index (χ0v) is 10.9. The molecule has 0 aromatic carbocycles. The van der Waals surface area contributed by atoms with Crippen molar-refractivity contribution < 1.29 is 15.1 Å². The van der Waals surface area contributed by atoms with Crippen molar-refractivity contribution in [1.82, 2.24) is 4.90 Å². The number of piperidine rings is 1. The Morgan fingerprint density at radius 1 is 1.33 bits per heavy atom. The summed E-state index contributed by atoms with van der Waals surface area (Å²) in [6.07, 6.45) is 5.08. The number of nitrogens with zero attached hydrogens (tertiary/aromatic N) is 2. The number of oxime groups is 1. The number of aliphatic hydroxyl groups excluding tert-OH is 1. The molecule has 0 atom stereocenters. The van der Waals surface area contributed by atoms with E-state index in [-0.39, 0.29) is 6.61 Å². The minimum Gasteiger partial charge on any atom is -0.409 e. The Morgan fingerprint density at radius 2 is 2.06 bits per heavy atom. The van der Waals surface area contributed by atoms with Crippen LogP contribution >= 0.6 is 0 Å². The second kappa shape index (κ2) is 9.13. The molecule has 0 aromatic rings. The van der Waals surface area contributed by atoms with Crippen molar-refractivity contribution in [2.24, 2.45) is 10.9 Å². The highest BCUT2D eigenvalue weighted by Crippen LogP contribution is 2.14. The summed E-state index contributed by atoms with van der Waals surface area (Å²) >= 11 is 0. The van der Waals surface area contributed by atoms with Crippen molar-refractivity contribution in [1.29, 1.82) is 0 Å². The van der Waals surface area contributed by atoms with Gasteiger partial charge in [0.05, 0.1) is 19.3 Å². The Morgan fingerprint density at radius 3 is 2.67 bits per heavy atom. The van der Waals surface area contributed by atoms with Gasteiger partial charge in [0.25, 0.3) is 0 Å². The summed E-state index contributed by atoms with van der Waals surface area (Å²) < 4.78 is 5.52. The van der Waals surface area contributed by atoms with Crippen LogP contribution in [0.25, 0.3) is 0 Å². The lowest BCUT2D eigenvalue weighted by Gasteiger charge is -2.31. The van der Waals surface area contributed by atoms with Crippen LogP contribution in [0.1, 0.15) is 32.1 Å². The second-order valence-corrected chi connectivity index (χ2v) is 4.68. The van der Waals surface area contributed by atoms with Gasteiger partial charge in [-0.05, 0) is 32.2 Å². The summed E-state index contributed by atoms with van der Waals surface area (Å²) in [4.78, 5) is 2.42. The molecule has 1 aliphatic rings. The van der Waals surface area contributed by atoms with Crippen LogP contribution in [-0.2, 0) is 4.74 Å². The molecule has 1 saturated heterocycles. The summed E-state index contributed by atoms with van der Waals surface area (Å²) in [6, 6.07) is 0. The predicted molar refractivity (Wildman–Crippen MR) is 69.8 cm³/mol. The van der Waals surface area contributed by atoms with E-state index >= 15 is 0 Å². The molecule has 1 aliphatic heterocycles. The Kier molecular flexibility index (Phi) is 7.71. The quantitative estimate of drug-likeness (QED) is 0.193. The van der Waals surface area contributed by atoms with E-state index in [1.54, 1.807) is 0 Å². The highest BCUT2D eigenvalue weighted by molar-refractivity contribution is 5.79. The van der Waals surface area contributed by atoms with Crippen LogP contribution in [0.15, 0.2) is 5.16 Å². The molecule has 4 N–H and O–H groups in total. The predicted octanol–water partition coefficient (Wildman–Crippen LogP) is 0.376. The van der Waals surface area contributed by atoms with E-state index in [0.29, 0.717) is 25.0 Å². The van der Waals surface area contributed by atoms with E-state index in [1.165, 1.54) is 0 Å². The van der Waals surface area contributed by atoms with Gasteiger partial charge in [-0.25, -0.2) is 0 Å². The number of hydrogen-bond donors (Lipinski definition) is 3. The molecule has 0 aromatic heterocycles. The van der Waals surface area contributed by atoms with Gasteiger partial charge in [-0.2, -0.15) is 0 Å². The van der Waals surface area contributed by atoms with Gasteiger partial charge in [-0.1, -0.05) is 5.16 Å². The van der Waals surface area contributed by atoms with Gasteiger partial charge >= 0.3 is 0 Å². The Hall–Kier alpha value is -0.850. The normalized spacial score (nSPS) is 19.3. The van der Waals surface area contributed by atoms with E-state index in [1.807, 2.05) is 0 Å². The number of hydrogen-bond acceptors (Lipinski definition) is 5. The van der Waals surface area contributed by atoms with Crippen molar-refractivity contribution in [3.63, 3.8) is 0 Å². The first-order chi connectivity index (χ1) is 8.76. The highest BCUT2D eigenvalue weighted by Gasteiger charge is 2.18. The zero-order valence-electron chi connectivity index (χ0n) is 10.9. The fraction of sp³-hybridized carbons (Fsp3) is 0.917. The van der Waals surface area contributed by atoms with Gasteiger partial charge in [0, 0.05) is 19.5 Å². The molecule has 0 amide bonds. The van der Waals surface area contributed by atoms with Gasteiger partial charge in [-0.3, -0.25) is 0 Å². The fourth-order valence-corrected chi connectivity index (χ4v) is 2.21. The molecule has 106 valence electrons. The third-order valence-electron chi connectivity index (χ3n) is 3.27. The number of aliphatic hydroxyl groups is 1. The zero-order chi connectivity index (χ0) is 13.2. The Bertz CT molecular complexity index is 241. The number of rotatable bonds is 8. The summed E-state index contributed by atoms with van der Waals surface area (Å²) in [5, 5.41) is 20.0. The Balaban J connectivity index is 2.02. The first-order valence-corrected chi connectivity index (χ1v) is 6.67. The first kappa shape index (κ1) is 15.2. The highest BCUT2D eigenvalue weighted by atomic mass is 16.5. The van der Waals surface area contributed by atoms with Crippen molar-refractivity contribution in [3.05, 3.63) is 0 Å². The summed E-state index contributed by atoms with van der Waals surface area (Å²) in [5.41, 5.74) is 5.41. The first-order valence-electron chi connectivity index (χ1n) is 6.67. The average molecular weight is 259 g/mol.